The van der Waals surface area contributed by atoms with Crippen LogP contribution in [0.15, 0.2) is 9.98 Å². The average Bonchev–Trinajstić information content (AvgIpc) is 2.36. The van der Waals surface area contributed by atoms with E-state index in [0.717, 1.165) is 14.7 Å². The van der Waals surface area contributed by atoms with Crippen molar-refractivity contribution in [3.8, 4) is 0 Å². The van der Waals surface area contributed by atoms with E-state index in [1.807, 2.05) is 18.0 Å². The molecule has 0 aliphatic carbocycles. The van der Waals surface area contributed by atoms with Crippen LogP contribution in [0.2, 0.25) is 0 Å². The van der Waals surface area contributed by atoms with Crippen LogP contribution in [0.1, 0.15) is 6.92 Å². The van der Waals surface area contributed by atoms with Gasteiger partial charge in [-0.3, -0.25) is 0 Å². The molecule has 0 amide bonds. The minimum atomic E-state index is 0.484. The molecule has 0 saturated heterocycles. The molecule has 12 heavy (non-hydrogen) atoms. The van der Waals surface area contributed by atoms with Crippen LogP contribution < -0.4 is 5.32 Å². The first-order chi connectivity index (χ1) is 5.72. The number of nitrogens with zero attached hydrogens (tertiary/aromatic N) is 1. The van der Waals surface area contributed by atoms with Crippen molar-refractivity contribution in [2.45, 2.75) is 13.0 Å². The van der Waals surface area contributed by atoms with E-state index < -0.39 is 0 Å². The molecule has 1 atom stereocenters. The summed E-state index contributed by atoms with van der Waals surface area (Å²) in [4.78, 5) is 4.19. The predicted molar refractivity (Wildman–Crippen MR) is 61.3 cm³/mol. The van der Waals surface area contributed by atoms with Gasteiger partial charge in [-0.1, -0.05) is 11.3 Å². The van der Waals surface area contributed by atoms with Gasteiger partial charge in [-0.2, -0.15) is 11.8 Å². The molecule has 0 fully saturated rings. The molecule has 0 radical (unpaired) electrons. The van der Waals surface area contributed by atoms with Crippen LogP contribution in [-0.2, 0) is 0 Å². The van der Waals surface area contributed by atoms with Crippen LogP contribution >= 0.6 is 39.0 Å². The molecule has 1 aromatic heterocycles. The summed E-state index contributed by atoms with van der Waals surface area (Å²) in [6, 6.07) is 0.484. The van der Waals surface area contributed by atoms with E-state index in [1.54, 1.807) is 11.3 Å². The Hall–Kier alpha value is 0.260. The lowest BCUT2D eigenvalue weighted by atomic mass is 10.4. The third-order valence-corrected chi connectivity index (χ3v) is 3.50. The number of anilines is 1. The number of nitrogens with one attached hydrogen (secondary N) is 1. The lowest BCUT2D eigenvalue weighted by Gasteiger charge is -2.09. The molecule has 1 aromatic rings. The minimum absolute atomic E-state index is 0.484. The number of rotatable bonds is 4. The monoisotopic (exact) mass is 266 g/mol. The molecule has 0 aliphatic heterocycles. The summed E-state index contributed by atoms with van der Waals surface area (Å²) in [6.07, 6.45) is 3.93. The summed E-state index contributed by atoms with van der Waals surface area (Å²) < 4.78 is 1.07. The van der Waals surface area contributed by atoms with Crippen LogP contribution in [0.25, 0.3) is 0 Å². The fourth-order valence-electron chi connectivity index (χ4n) is 0.824. The zero-order valence-electron chi connectivity index (χ0n) is 7.00. The van der Waals surface area contributed by atoms with Crippen molar-refractivity contribution < 1.29 is 0 Å². The number of thiazole rings is 1. The van der Waals surface area contributed by atoms with Crippen LogP contribution in [0.5, 0.6) is 0 Å². The van der Waals surface area contributed by atoms with Crippen molar-refractivity contribution in [2.24, 2.45) is 0 Å². The van der Waals surface area contributed by atoms with Crippen molar-refractivity contribution in [1.82, 2.24) is 4.98 Å². The highest BCUT2D eigenvalue weighted by Gasteiger charge is 2.03. The van der Waals surface area contributed by atoms with E-state index in [0.29, 0.717) is 6.04 Å². The summed E-state index contributed by atoms with van der Waals surface area (Å²) in [5.74, 6) is 1.11. The van der Waals surface area contributed by atoms with Gasteiger partial charge in [0.05, 0.1) is 9.98 Å². The van der Waals surface area contributed by atoms with E-state index in [9.17, 15) is 0 Å². The first-order valence-electron chi connectivity index (χ1n) is 3.59. The number of halogens is 1. The van der Waals surface area contributed by atoms with Gasteiger partial charge in [0.1, 0.15) is 0 Å². The topological polar surface area (TPSA) is 24.9 Å². The zero-order valence-corrected chi connectivity index (χ0v) is 10.2. The first-order valence-corrected chi connectivity index (χ1v) is 6.59. The fraction of sp³-hybridized carbons (Fsp3) is 0.571. The Balaban J connectivity index is 2.41. The Labute approximate surface area is 89.3 Å². The van der Waals surface area contributed by atoms with Crippen molar-refractivity contribution >= 4 is 44.2 Å². The van der Waals surface area contributed by atoms with Crippen molar-refractivity contribution in [2.75, 3.05) is 17.3 Å². The van der Waals surface area contributed by atoms with Gasteiger partial charge in [-0.25, -0.2) is 4.98 Å². The molecule has 5 heteroatoms. The van der Waals surface area contributed by atoms with Gasteiger partial charge in [0, 0.05) is 11.8 Å². The average molecular weight is 267 g/mol. The minimum Gasteiger partial charge on any atom is -0.358 e. The maximum atomic E-state index is 4.19. The zero-order chi connectivity index (χ0) is 8.97. The normalized spacial score (nSPS) is 12.9. The second-order valence-corrected chi connectivity index (χ2v) is 5.79. The quantitative estimate of drug-likeness (QED) is 0.907. The first kappa shape index (κ1) is 10.3. The summed E-state index contributed by atoms with van der Waals surface area (Å²) in [5.41, 5.74) is 0. The van der Waals surface area contributed by atoms with Gasteiger partial charge in [-0.15, -0.1) is 0 Å². The fourth-order valence-corrected chi connectivity index (χ4v) is 2.62. The van der Waals surface area contributed by atoms with E-state index in [1.165, 1.54) is 0 Å². The smallest absolute Gasteiger partial charge is 0.183 e. The third kappa shape index (κ3) is 3.33. The second-order valence-electron chi connectivity index (χ2n) is 2.47. The number of hydrogen-bond donors (Lipinski definition) is 1. The second kappa shape index (κ2) is 5.09. The Morgan fingerprint density at radius 3 is 3.08 bits per heavy atom. The van der Waals surface area contributed by atoms with E-state index in [-0.39, 0.29) is 0 Å². The highest BCUT2D eigenvalue weighted by molar-refractivity contribution is 9.11. The van der Waals surface area contributed by atoms with Crippen molar-refractivity contribution in [3.05, 3.63) is 9.98 Å². The van der Waals surface area contributed by atoms with Crippen LogP contribution in [0, 0.1) is 0 Å². The SMILES string of the molecule is CSCC(C)Nc1ncc(Br)s1. The van der Waals surface area contributed by atoms with Crippen molar-refractivity contribution in [3.63, 3.8) is 0 Å². The molecule has 2 nitrogen and oxygen atoms in total. The molecule has 0 aliphatic rings. The molecule has 0 spiro atoms. The summed E-state index contributed by atoms with van der Waals surface area (Å²) in [7, 11) is 0. The molecule has 0 saturated carbocycles. The van der Waals surface area contributed by atoms with Gasteiger partial charge < -0.3 is 5.32 Å². The summed E-state index contributed by atoms with van der Waals surface area (Å²) in [5, 5.41) is 4.31. The number of hydrogen-bond acceptors (Lipinski definition) is 4. The molecular weight excluding hydrogens is 256 g/mol. The number of aromatic nitrogens is 1. The Kier molecular flexibility index (Phi) is 4.39. The maximum absolute atomic E-state index is 4.19. The van der Waals surface area contributed by atoms with E-state index in [2.05, 4.69) is 39.4 Å². The maximum Gasteiger partial charge on any atom is 0.183 e. The van der Waals surface area contributed by atoms with Crippen LogP contribution in [-0.4, -0.2) is 23.0 Å². The highest BCUT2D eigenvalue weighted by atomic mass is 79.9. The predicted octanol–water partition coefficient (Wildman–Crippen LogP) is 3.07. The lowest BCUT2D eigenvalue weighted by molar-refractivity contribution is 0.911. The third-order valence-electron chi connectivity index (χ3n) is 1.26. The van der Waals surface area contributed by atoms with Gasteiger partial charge in [-0.05, 0) is 29.1 Å². The van der Waals surface area contributed by atoms with E-state index >= 15 is 0 Å². The molecular formula is C7H11BrN2S2. The molecule has 68 valence electrons. The summed E-state index contributed by atoms with van der Waals surface area (Å²) in [6.45, 7) is 2.16. The van der Waals surface area contributed by atoms with E-state index in [4.69, 9.17) is 0 Å². The molecule has 0 bridgehead atoms. The van der Waals surface area contributed by atoms with Crippen LogP contribution in [0.4, 0.5) is 5.13 Å². The van der Waals surface area contributed by atoms with Gasteiger partial charge >= 0.3 is 0 Å². The standard InChI is InChI=1S/C7H11BrN2S2/c1-5(4-11-2)10-7-9-3-6(8)12-7/h3,5H,4H2,1-2H3,(H,9,10). The molecule has 1 heterocycles. The van der Waals surface area contributed by atoms with Crippen LogP contribution in [0.3, 0.4) is 0 Å². The van der Waals surface area contributed by atoms with Gasteiger partial charge in [0.2, 0.25) is 0 Å². The largest absolute Gasteiger partial charge is 0.358 e. The molecule has 0 aromatic carbocycles. The Morgan fingerprint density at radius 1 is 1.83 bits per heavy atom. The molecule has 1 N–H and O–H groups in total. The Bertz CT molecular complexity index is 239. The lowest BCUT2D eigenvalue weighted by Crippen LogP contribution is -2.17. The highest BCUT2D eigenvalue weighted by Crippen LogP contribution is 2.23. The van der Waals surface area contributed by atoms with Gasteiger partial charge in [0.25, 0.3) is 0 Å². The van der Waals surface area contributed by atoms with Crippen molar-refractivity contribution in [1.29, 1.82) is 0 Å². The Morgan fingerprint density at radius 2 is 2.58 bits per heavy atom. The molecule has 1 rings (SSSR count). The number of thioether (sulfide) groups is 1. The summed E-state index contributed by atoms with van der Waals surface area (Å²) >= 11 is 6.84. The van der Waals surface area contributed by atoms with Gasteiger partial charge in [0.15, 0.2) is 5.13 Å². The molecule has 1 unspecified atom stereocenters.